The molecule has 1 aliphatic carbocycles. The third kappa shape index (κ3) is 6.72. The third-order valence-corrected chi connectivity index (χ3v) is 15.3. The summed E-state index contributed by atoms with van der Waals surface area (Å²) in [4.78, 5) is 2.45. The molecule has 342 valence electrons. The van der Waals surface area contributed by atoms with Crippen LogP contribution in [-0.4, -0.2) is 4.57 Å². The van der Waals surface area contributed by atoms with Crippen molar-refractivity contribution in [2.24, 2.45) is 0 Å². The van der Waals surface area contributed by atoms with Gasteiger partial charge in [0.25, 0.3) is 0 Å². The van der Waals surface area contributed by atoms with E-state index in [9.17, 15) is 0 Å². The molecule has 73 heavy (non-hydrogen) atoms. The monoisotopic (exact) mass is 928 g/mol. The fraction of sp³-hybridized carbons (Fsp3) is 0.0141. The Kier molecular flexibility index (Phi) is 10.1. The van der Waals surface area contributed by atoms with Crippen LogP contribution in [0.3, 0.4) is 0 Å². The molecular formula is C71H48N2. The molecule has 0 unspecified atom stereocenters. The molecule has 12 aromatic carbocycles. The molecule has 0 saturated carbocycles. The van der Waals surface area contributed by atoms with Crippen molar-refractivity contribution in [1.29, 1.82) is 0 Å². The fourth-order valence-electron chi connectivity index (χ4n) is 12.2. The minimum absolute atomic E-state index is 0.575. The predicted octanol–water partition coefficient (Wildman–Crippen LogP) is 18.8. The van der Waals surface area contributed by atoms with E-state index in [0.717, 1.165) is 39.3 Å². The molecule has 0 saturated heterocycles. The summed E-state index contributed by atoms with van der Waals surface area (Å²) in [6.07, 6.45) is 0. The number of benzene rings is 12. The highest BCUT2D eigenvalue weighted by atomic mass is 15.1. The van der Waals surface area contributed by atoms with Gasteiger partial charge >= 0.3 is 0 Å². The first-order valence-corrected chi connectivity index (χ1v) is 25.3. The average molecular weight is 929 g/mol. The molecule has 0 bridgehead atoms. The van der Waals surface area contributed by atoms with Gasteiger partial charge in [-0.15, -0.1) is 0 Å². The van der Waals surface area contributed by atoms with Crippen LogP contribution in [0.25, 0.3) is 82.8 Å². The first-order valence-electron chi connectivity index (χ1n) is 25.3. The van der Waals surface area contributed by atoms with E-state index in [4.69, 9.17) is 0 Å². The molecule has 2 heteroatoms. The first kappa shape index (κ1) is 42.4. The van der Waals surface area contributed by atoms with E-state index < -0.39 is 5.41 Å². The van der Waals surface area contributed by atoms with Crippen LogP contribution < -0.4 is 4.90 Å². The number of rotatable bonds is 9. The molecule has 1 heterocycles. The highest BCUT2D eigenvalue weighted by Crippen LogP contribution is 2.58. The lowest BCUT2D eigenvalue weighted by Crippen LogP contribution is -2.29. The van der Waals surface area contributed by atoms with Crippen LogP contribution in [0.15, 0.2) is 291 Å². The van der Waals surface area contributed by atoms with Gasteiger partial charge in [-0.1, -0.05) is 249 Å². The van der Waals surface area contributed by atoms with Gasteiger partial charge in [0.15, 0.2) is 0 Å². The summed E-state index contributed by atoms with van der Waals surface area (Å²) in [7, 11) is 0. The van der Waals surface area contributed by atoms with Crippen molar-refractivity contribution in [3.05, 3.63) is 313 Å². The van der Waals surface area contributed by atoms with E-state index in [1.54, 1.807) is 0 Å². The minimum atomic E-state index is -0.575. The molecule has 14 rings (SSSR count). The quantitative estimate of drug-likeness (QED) is 0.140. The van der Waals surface area contributed by atoms with Crippen molar-refractivity contribution < 1.29 is 0 Å². The van der Waals surface area contributed by atoms with Crippen LogP contribution >= 0.6 is 0 Å². The number of para-hydroxylation sites is 2. The molecule has 0 amide bonds. The molecule has 1 aliphatic rings. The summed E-state index contributed by atoms with van der Waals surface area (Å²) in [6.45, 7) is 0. The highest BCUT2D eigenvalue weighted by Gasteiger charge is 2.48. The zero-order chi connectivity index (χ0) is 48.3. The second-order valence-electron chi connectivity index (χ2n) is 19.1. The number of hydrogen-bond donors (Lipinski definition) is 0. The number of hydrogen-bond acceptors (Lipinski definition) is 1. The summed E-state index contributed by atoms with van der Waals surface area (Å²) in [5.74, 6) is 0. The normalized spacial score (nSPS) is 12.5. The summed E-state index contributed by atoms with van der Waals surface area (Å²) in [5.41, 5.74) is 20.9. The Morgan fingerprint density at radius 3 is 1.59 bits per heavy atom. The van der Waals surface area contributed by atoms with E-state index in [1.807, 2.05) is 0 Å². The van der Waals surface area contributed by atoms with Gasteiger partial charge in [0.1, 0.15) is 0 Å². The topological polar surface area (TPSA) is 8.17 Å². The van der Waals surface area contributed by atoms with Gasteiger partial charge < -0.3 is 9.47 Å². The maximum Gasteiger partial charge on any atom is 0.0734 e. The third-order valence-electron chi connectivity index (χ3n) is 15.3. The fourth-order valence-corrected chi connectivity index (χ4v) is 12.2. The van der Waals surface area contributed by atoms with Crippen molar-refractivity contribution in [3.8, 4) is 50.2 Å². The van der Waals surface area contributed by atoms with Crippen LogP contribution in [0.2, 0.25) is 0 Å². The smallest absolute Gasteiger partial charge is 0.0734 e. The van der Waals surface area contributed by atoms with Crippen molar-refractivity contribution in [2.75, 3.05) is 4.90 Å². The largest absolute Gasteiger partial charge is 0.309 e. The van der Waals surface area contributed by atoms with Crippen molar-refractivity contribution in [3.63, 3.8) is 0 Å². The van der Waals surface area contributed by atoms with Crippen LogP contribution in [0.5, 0.6) is 0 Å². The lowest BCUT2D eigenvalue weighted by atomic mass is 9.67. The number of aromatic nitrogens is 1. The molecule has 2 nitrogen and oxygen atoms in total. The molecule has 0 aliphatic heterocycles. The minimum Gasteiger partial charge on any atom is -0.309 e. The summed E-state index contributed by atoms with van der Waals surface area (Å²) in [5, 5.41) is 4.84. The molecular weight excluding hydrogens is 881 g/mol. The summed E-state index contributed by atoms with van der Waals surface area (Å²) < 4.78 is 2.55. The Morgan fingerprint density at radius 1 is 0.301 bits per heavy atom. The van der Waals surface area contributed by atoms with E-state index in [-0.39, 0.29) is 0 Å². The Bertz CT molecular complexity index is 4140. The summed E-state index contributed by atoms with van der Waals surface area (Å²) >= 11 is 0. The molecule has 0 radical (unpaired) electrons. The van der Waals surface area contributed by atoms with E-state index >= 15 is 0 Å². The van der Waals surface area contributed by atoms with Crippen LogP contribution in [0.4, 0.5) is 17.1 Å². The van der Waals surface area contributed by atoms with Crippen LogP contribution in [0, 0.1) is 0 Å². The van der Waals surface area contributed by atoms with Gasteiger partial charge in [-0.3, -0.25) is 0 Å². The lowest BCUT2D eigenvalue weighted by Gasteiger charge is -2.35. The van der Waals surface area contributed by atoms with Crippen molar-refractivity contribution in [1.82, 2.24) is 4.57 Å². The Morgan fingerprint density at radius 2 is 0.822 bits per heavy atom. The first-order chi connectivity index (χ1) is 36.3. The maximum atomic E-state index is 2.55. The van der Waals surface area contributed by atoms with Gasteiger partial charge in [-0.25, -0.2) is 0 Å². The maximum absolute atomic E-state index is 2.55. The van der Waals surface area contributed by atoms with Gasteiger partial charge in [-0.05, 0) is 103 Å². The van der Waals surface area contributed by atoms with Gasteiger partial charge in [0.05, 0.1) is 33.5 Å². The highest BCUT2D eigenvalue weighted by molar-refractivity contribution is 6.11. The van der Waals surface area contributed by atoms with E-state index in [1.165, 1.54) is 82.8 Å². The lowest BCUT2D eigenvalue weighted by molar-refractivity contribution is 0.762. The molecule has 1 aromatic heterocycles. The molecule has 0 atom stereocenters. The SMILES string of the molecule is c1ccc(-c2ccc(N(c3ccccc3-c3ccccc3-c3ccc4c5ccccc5n(-c5cccc6c5C(c5ccccc5)(c5ccccc5)c5ccccc5-6)c4c3)c3cccc4ccccc34)cc2)cc1. The second kappa shape index (κ2) is 17.4. The van der Waals surface area contributed by atoms with Crippen molar-refractivity contribution >= 4 is 49.6 Å². The van der Waals surface area contributed by atoms with E-state index in [2.05, 4.69) is 301 Å². The number of nitrogens with zero attached hydrogens (tertiary/aromatic N) is 2. The zero-order valence-corrected chi connectivity index (χ0v) is 40.1. The number of anilines is 3. The molecule has 0 spiro atoms. The molecule has 13 aromatic rings. The Hall–Kier alpha value is -9.50. The van der Waals surface area contributed by atoms with Crippen LogP contribution in [-0.2, 0) is 5.41 Å². The molecule has 0 fully saturated rings. The van der Waals surface area contributed by atoms with Gasteiger partial charge in [0, 0.05) is 33.0 Å². The van der Waals surface area contributed by atoms with Gasteiger partial charge in [-0.2, -0.15) is 0 Å². The predicted molar refractivity (Wildman–Crippen MR) is 307 cm³/mol. The zero-order valence-electron chi connectivity index (χ0n) is 40.1. The molecule has 0 N–H and O–H groups in total. The Balaban J connectivity index is 0.987. The Labute approximate surface area is 426 Å². The van der Waals surface area contributed by atoms with Gasteiger partial charge in [0.2, 0.25) is 0 Å². The number of fused-ring (bicyclic) bond motifs is 7. The summed E-state index contributed by atoms with van der Waals surface area (Å²) in [6, 6.07) is 107. The van der Waals surface area contributed by atoms with Crippen LogP contribution in [0.1, 0.15) is 22.3 Å². The standard InChI is InChI=1S/C71H48N2/c1-4-22-49(23-5-1)50-42-45-55(46-43-50)72(65-40-20-25-51-24-10-11-31-57(51)65)66-38-18-15-34-60(66)58-32-13-12-30-56(58)52-44-47-62-61-35-16-19-39-67(61)73(69(62)48-52)68-41-21-36-63-59-33-14-17-37-64(59)71(70(63)68,53-26-6-2-7-27-53)54-28-8-3-9-29-54/h1-48H. The average Bonchev–Trinajstić information content (AvgIpc) is 3.97. The van der Waals surface area contributed by atoms with E-state index in [0.29, 0.717) is 0 Å². The van der Waals surface area contributed by atoms with Crippen molar-refractivity contribution in [2.45, 2.75) is 5.41 Å². The second-order valence-corrected chi connectivity index (χ2v) is 19.1.